The summed E-state index contributed by atoms with van der Waals surface area (Å²) in [5.41, 5.74) is 0.914. The molecule has 3 heteroatoms. The Hall–Kier alpha value is -1.09. The second kappa shape index (κ2) is 4.42. The van der Waals surface area contributed by atoms with E-state index in [-0.39, 0.29) is 0 Å². The molecule has 2 nitrogen and oxygen atoms in total. The Morgan fingerprint density at radius 2 is 2.07 bits per heavy atom. The fourth-order valence-corrected chi connectivity index (χ4v) is 1.98. The summed E-state index contributed by atoms with van der Waals surface area (Å²) < 4.78 is 5.91. The van der Waals surface area contributed by atoms with E-state index in [2.05, 4.69) is 24.6 Å². The van der Waals surface area contributed by atoms with E-state index >= 15 is 0 Å². The summed E-state index contributed by atoms with van der Waals surface area (Å²) in [6.07, 6.45) is 3.76. The summed E-state index contributed by atoms with van der Waals surface area (Å²) in [5.74, 6) is 0.893. The third-order valence-electron chi connectivity index (χ3n) is 1.60. The smallest absolute Gasteiger partial charge is 0.242 e. The third-order valence-corrected chi connectivity index (χ3v) is 2.43. The van der Waals surface area contributed by atoms with E-state index in [0.717, 1.165) is 11.5 Å². The maximum absolute atomic E-state index is 5.91. The molecular weight excluding hydrogens is 190 g/mol. The molecule has 1 rings (SSSR count). The molecule has 0 radical (unpaired) electrons. The van der Waals surface area contributed by atoms with Gasteiger partial charge in [0.25, 0.3) is 0 Å². The third kappa shape index (κ3) is 3.34. The Bertz CT molecular complexity index is 314. The van der Waals surface area contributed by atoms with Crippen LogP contribution in [-0.4, -0.2) is 13.3 Å². The number of aromatic nitrogens is 1. The number of allylic oxidation sites excluding steroid dienone is 1. The van der Waals surface area contributed by atoms with E-state index in [0.29, 0.717) is 0 Å². The lowest BCUT2D eigenvalue weighted by Gasteiger charge is -2.21. The minimum absolute atomic E-state index is 0.893. The van der Waals surface area contributed by atoms with Crippen molar-refractivity contribution in [2.75, 3.05) is 0 Å². The molecule has 0 bridgehead atoms. The van der Waals surface area contributed by atoms with Crippen molar-refractivity contribution in [3.05, 3.63) is 36.2 Å². The summed E-state index contributed by atoms with van der Waals surface area (Å²) in [6.45, 7) is 8.47. The Morgan fingerprint density at radius 3 is 2.50 bits per heavy atom. The van der Waals surface area contributed by atoms with Crippen molar-refractivity contribution in [3.8, 4) is 0 Å². The fraction of sp³-hybridized carbons (Fsp3) is 0.364. The molecule has 0 spiro atoms. The van der Waals surface area contributed by atoms with E-state index < -0.39 is 8.32 Å². The maximum atomic E-state index is 5.91. The first-order valence-corrected chi connectivity index (χ1v) is 8.20. The molecule has 0 aliphatic rings. The van der Waals surface area contributed by atoms with Gasteiger partial charge in [0.05, 0.1) is 0 Å². The molecule has 14 heavy (non-hydrogen) atoms. The molecule has 1 aromatic heterocycles. The molecule has 0 amide bonds. The van der Waals surface area contributed by atoms with Crippen LogP contribution in [0.15, 0.2) is 30.5 Å². The molecule has 0 aliphatic carbocycles. The van der Waals surface area contributed by atoms with Crippen LogP contribution in [0.4, 0.5) is 0 Å². The van der Waals surface area contributed by atoms with Gasteiger partial charge >= 0.3 is 0 Å². The van der Waals surface area contributed by atoms with Crippen LogP contribution >= 0.6 is 0 Å². The molecule has 1 heterocycles. The van der Waals surface area contributed by atoms with Crippen LogP contribution in [0.3, 0.4) is 0 Å². The minimum atomic E-state index is -1.53. The van der Waals surface area contributed by atoms with Gasteiger partial charge in [-0.1, -0.05) is 6.07 Å². The lowest BCUT2D eigenvalue weighted by atomic mass is 10.3. The molecule has 0 aromatic carbocycles. The second-order valence-electron chi connectivity index (χ2n) is 4.08. The molecule has 0 unspecified atom stereocenters. The van der Waals surface area contributed by atoms with Crippen LogP contribution in [0, 0.1) is 0 Å². The molecular formula is C11H17NOSi. The zero-order valence-corrected chi connectivity index (χ0v) is 10.2. The van der Waals surface area contributed by atoms with Crippen LogP contribution in [-0.2, 0) is 4.43 Å². The van der Waals surface area contributed by atoms with Crippen LogP contribution in [0.5, 0.6) is 0 Å². The van der Waals surface area contributed by atoms with Gasteiger partial charge in [0.15, 0.2) is 0 Å². The van der Waals surface area contributed by atoms with Crippen molar-refractivity contribution < 1.29 is 4.43 Å². The van der Waals surface area contributed by atoms with Gasteiger partial charge in [-0.2, -0.15) is 0 Å². The normalized spacial score (nSPS) is 12.7. The van der Waals surface area contributed by atoms with Crippen molar-refractivity contribution >= 4 is 14.1 Å². The van der Waals surface area contributed by atoms with Crippen LogP contribution < -0.4 is 0 Å². The van der Waals surface area contributed by atoms with E-state index in [1.165, 1.54) is 0 Å². The highest BCUT2D eigenvalue weighted by atomic mass is 28.4. The summed E-state index contributed by atoms with van der Waals surface area (Å²) >= 11 is 0. The fourth-order valence-electron chi connectivity index (χ4n) is 1.10. The van der Waals surface area contributed by atoms with Crippen molar-refractivity contribution in [2.45, 2.75) is 26.6 Å². The lowest BCUT2D eigenvalue weighted by molar-refractivity contribution is 0.510. The predicted molar refractivity (Wildman–Crippen MR) is 62.3 cm³/mol. The van der Waals surface area contributed by atoms with E-state index in [9.17, 15) is 0 Å². The molecule has 0 atom stereocenters. The second-order valence-corrected chi connectivity index (χ2v) is 8.51. The van der Waals surface area contributed by atoms with Gasteiger partial charge in [0, 0.05) is 6.20 Å². The standard InChI is InChI=1S/C11H17NOSi/c1-5-11(13-14(2,3)4)10-8-6-7-9-12-10/h5-9H,1-4H3. The highest BCUT2D eigenvalue weighted by molar-refractivity contribution is 6.70. The molecule has 0 saturated carbocycles. The van der Waals surface area contributed by atoms with Crippen molar-refractivity contribution in [3.63, 3.8) is 0 Å². The number of nitrogens with zero attached hydrogens (tertiary/aromatic N) is 1. The monoisotopic (exact) mass is 207 g/mol. The van der Waals surface area contributed by atoms with Crippen LogP contribution in [0.1, 0.15) is 12.6 Å². The summed E-state index contributed by atoms with van der Waals surface area (Å²) in [6, 6.07) is 5.85. The quantitative estimate of drug-likeness (QED) is 0.560. The van der Waals surface area contributed by atoms with Crippen LogP contribution in [0.2, 0.25) is 19.6 Å². The predicted octanol–water partition coefficient (Wildman–Crippen LogP) is 3.29. The Balaban J connectivity index is 2.85. The highest BCUT2D eigenvalue weighted by Gasteiger charge is 2.18. The average molecular weight is 207 g/mol. The topological polar surface area (TPSA) is 22.1 Å². The Labute approximate surface area is 86.8 Å². The first-order valence-electron chi connectivity index (χ1n) is 4.79. The summed E-state index contributed by atoms with van der Waals surface area (Å²) in [4.78, 5) is 4.26. The van der Waals surface area contributed by atoms with Gasteiger partial charge in [0.2, 0.25) is 8.32 Å². The van der Waals surface area contributed by atoms with Crippen molar-refractivity contribution in [1.29, 1.82) is 0 Å². The number of hydrogen-bond donors (Lipinski definition) is 0. The average Bonchev–Trinajstić information content (AvgIpc) is 2.14. The van der Waals surface area contributed by atoms with Gasteiger partial charge in [-0.05, 0) is 44.8 Å². The van der Waals surface area contributed by atoms with Gasteiger partial charge in [-0.15, -0.1) is 0 Å². The van der Waals surface area contributed by atoms with Gasteiger partial charge in [-0.3, -0.25) is 4.98 Å². The summed E-state index contributed by atoms with van der Waals surface area (Å²) in [5, 5.41) is 0. The Morgan fingerprint density at radius 1 is 1.36 bits per heavy atom. The van der Waals surface area contributed by atoms with Gasteiger partial charge in [-0.25, -0.2) is 0 Å². The number of hydrogen-bond acceptors (Lipinski definition) is 2. The largest absolute Gasteiger partial charge is 0.543 e. The van der Waals surface area contributed by atoms with Gasteiger partial charge < -0.3 is 4.43 Å². The van der Waals surface area contributed by atoms with E-state index in [1.807, 2.05) is 31.2 Å². The molecule has 0 aliphatic heterocycles. The molecule has 0 N–H and O–H groups in total. The molecule has 1 aromatic rings. The van der Waals surface area contributed by atoms with E-state index in [1.54, 1.807) is 6.20 Å². The Kier molecular flexibility index (Phi) is 3.47. The SMILES string of the molecule is CC=C(O[Si](C)(C)C)c1ccccn1. The molecule has 0 saturated heterocycles. The van der Waals surface area contributed by atoms with Gasteiger partial charge in [0.1, 0.15) is 11.5 Å². The van der Waals surface area contributed by atoms with Crippen LogP contribution in [0.25, 0.3) is 5.76 Å². The van der Waals surface area contributed by atoms with E-state index in [4.69, 9.17) is 4.43 Å². The van der Waals surface area contributed by atoms with Crippen molar-refractivity contribution in [1.82, 2.24) is 4.98 Å². The zero-order valence-electron chi connectivity index (χ0n) is 9.24. The molecule has 0 fully saturated rings. The zero-order chi connectivity index (χ0) is 10.6. The lowest BCUT2D eigenvalue weighted by Crippen LogP contribution is -2.24. The summed E-state index contributed by atoms with van der Waals surface area (Å²) in [7, 11) is -1.53. The first kappa shape index (κ1) is 11.0. The van der Waals surface area contributed by atoms with Crippen molar-refractivity contribution in [2.24, 2.45) is 0 Å². The number of pyridine rings is 1. The maximum Gasteiger partial charge on any atom is 0.242 e. The molecule has 76 valence electrons. The highest BCUT2D eigenvalue weighted by Crippen LogP contribution is 2.18. The minimum Gasteiger partial charge on any atom is -0.543 e. The number of rotatable bonds is 3. The first-order chi connectivity index (χ1) is 6.53.